The van der Waals surface area contributed by atoms with E-state index in [9.17, 15) is 9.59 Å². The van der Waals surface area contributed by atoms with Crippen LogP contribution in [-0.4, -0.2) is 38.6 Å². The summed E-state index contributed by atoms with van der Waals surface area (Å²) in [6.45, 7) is -0.341. The summed E-state index contributed by atoms with van der Waals surface area (Å²) >= 11 is 5.97. The predicted molar refractivity (Wildman–Crippen MR) is 106 cm³/mol. The Labute approximate surface area is 171 Å². The number of carbonyl (C=O) groups is 2. The van der Waals surface area contributed by atoms with Crippen LogP contribution in [0.1, 0.15) is 11.1 Å². The van der Waals surface area contributed by atoms with Gasteiger partial charge in [-0.15, -0.1) is 0 Å². The second kappa shape index (κ2) is 8.66. The van der Waals surface area contributed by atoms with E-state index in [1.807, 2.05) is 0 Å². The molecule has 0 aliphatic carbocycles. The lowest BCUT2D eigenvalue weighted by molar-refractivity contribution is -0.130. The third kappa shape index (κ3) is 4.67. The fraction of sp³-hybridized carbons (Fsp3) is 0.150. The molecule has 0 bridgehead atoms. The molecule has 0 spiro atoms. The standard InChI is InChI=1S/C20H17ClN2O6/c1-26-15-7-11(8-16(27-2)18(15)28-10-17(22)24)6-14-20(25)29-19(23-14)12-4-3-5-13(21)9-12/h3-9H,10H2,1-2H3,(H2,22,24)/b14-6+. The van der Waals surface area contributed by atoms with Crippen molar-refractivity contribution in [3.05, 3.63) is 58.2 Å². The molecule has 0 atom stereocenters. The van der Waals surface area contributed by atoms with Crippen molar-refractivity contribution in [3.8, 4) is 17.2 Å². The second-order valence-corrected chi connectivity index (χ2v) is 6.29. The van der Waals surface area contributed by atoms with Gasteiger partial charge in [-0.1, -0.05) is 17.7 Å². The van der Waals surface area contributed by atoms with Crippen LogP contribution >= 0.6 is 11.6 Å². The summed E-state index contributed by atoms with van der Waals surface area (Å²) in [4.78, 5) is 27.5. The Hall–Kier alpha value is -3.52. The van der Waals surface area contributed by atoms with Crippen LogP contribution in [0, 0.1) is 0 Å². The van der Waals surface area contributed by atoms with E-state index in [4.69, 9.17) is 36.3 Å². The van der Waals surface area contributed by atoms with E-state index in [-0.39, 0.29) is 24.0 Å². The van der Waals surface area contributed by atoms with Crippen LogP contribution < -0.4 is 19.9 Å². The summed E-state index contributed by atoms with van der Waals surface area (Å²) in [5.74, 6) is -0.285. The summed E-state index contributed by atoms with van der Waals surface area (Å²) < 4.78 is 21.2. The number of carbonyl (C=O) groups excluding carboxylic acids is 2. The van der Waals surface area contributed by atoms with Crippen LogP contribution in [0.4, 0.5) is 0 Å². The van der Waals surface area contributed by atoms with E-state index in [2.05, 4.69) is 4.99 Å². The van der Waals surface area contributed by atoms with Crippen molar-refractivity contribution < 1.29 is 28.5 Å². The highest BCUT2D eigenvalue weighted by molar-refractivity contribution is 6.31. The number of methoxy groups -OCH3 is 2. The highest BCUT2D eigenvalue weighted by atomic mass is 35.5. The van der Waals surface area contributed by atoms with Crippen LogP contribution in [0.5, 0.6) is 17.2 Å². The number of nitrogens with two attached hydrogens (primary N) is 1. The number of hydrogen-bond acceptors (Lipinski definition) is 7. The minimum Gasteiger partial charge on any atom is -0.493 e. The first-order valence-corrected chi connectivity index (χ1v) is 8.74. The lowest BCUT2D eigenvalue weighted by atomic mass is 10.1. The molecule has 2 aromatic rings. The molecule has 2 aromatic carbocycles. The van der Waals surface area contributed by atoms with Gasteiger partial charge in [0.25, 0.3) is 5.91 Å². The number of amides is 1. The molecule has 0 fully saturated rings. The van der Waals surface area contributed by atoms with E-state index in [0.717, 1.165) is 0 Å². The number of cyclic esters (lactones) is 1. The van der Waals surface area contributed by atoms with Crippen molar-refractivity contribution >= 4 is 35.5 Å². The molecular formula is C20H17ClN2O6. The minimum absolute atomic E-state index is 0.0925. The van der Waals surface area contributed by atoms with E-state index in [1.165, 1.54) is 20.3 Å². The van der Waals surface area contributed by atoms with Crippen molar-refractivity contribution in [3.63, 3.8) is 0 Å². The third-order valence-electron chi connectivity index (χ3n) is 3.84. The van der Waals surface area contributed by atoms with Gasteiger partial charge in [-0.2, -0.15) is 0 Å². The normalized spacial score (nSPS) is 14.4. The third-order valence-corrected chi connectivity index (χ3v) is 4.07. The Balaban J connectivity index is 1.96. The summed E-state index contributed by atoms with van der Waals surface area (Å²) in [5.41, 5.74) is 6.34. The maximum Gasteiger partial charge on any atom is 0.363 e. The zero-order chi connectivity index (χ0) is 21.0. The monoisotopic (exact) mass is 416 g/mol. The van der Waals surface area contributed by atoms with E-state index in [0.29, 0.717) is 27.6 Å². The quantitative estimate of drug-likeness (QED) is 0.548. The van der Waals surface area contributed by atoms with E-state index >= 15 is 0 Å². The van der Waals surface area contributed by atoms with E-state index in [1.54, 1.807) is 36.4 Å². The van der Waals surface area contributed by atoms with Gasteiger partial charge < -0.3 is 24.7 Å². The number of benzene rings is 2. The van der Waals surface area contributed by atoms with E-state index < -0.39 is 11.9 Å². The first kappa shape index (κ1) is 20.2. The summed E-state index contributed by atoms with van der Waals surface area (Å²) in [6, 6.07) is 10.0. The maximum absolute atomic E-state index is 12.2. The number of halogens is 1. The molecule has 0 aromatic heterocycles. The zero-order valence-corrected chi connectivity index (χ0v) is 16.4. The highest BCUT2D eigenvalue weighted by Gasteiger charge is 2.25. The zero-order valence-electron chi connectivity index (χ0n) is 15.6. The molecule has 1 heterocycles. The first-order chi connectivity index (χ1) is 13.9. The largest absolute Gasteiger partial charge is 0.493 e. The average molecular weight is 417 g/mol. The molecule has 1 aliphatic rings. The number of ether oxygens (including phenoxy) is 4. The minimum atomic E-state index is -0.642. The van der Waals surface area contributed by atoms with Gasteiger partial charge in [0.2, 0.25) is 11.6 Å². The molecule has 0 radical (unpaired) electrons. The Morgan fingerprint density at radius 3 is 2.48 bits per heavy atom. The summed E-state index contributed by atoms with van der Waals surface area (Å²) in [5, 5.41) is 0.500. The van der Waals surface area contributed by atoms with Crippen LogP contribution in [0.2, 0.25) is 5.02 Å². The van der Waals surface area contributed by atoms with Gasteiger partial charge in [0.15, 0.2) is 23.8 Å². The van der Waals surface area contributed by atoms with Crippen molar-refractivity contribution in [2.24, 2.45) is 10.7 Å². The average Bonchev–Trinajstić information content (AvgIpc) is 3.06. The number of aliphatic imine (C=N–C) groups is 1. The van der Waals surface area contributed by atoms with Crippen molar-refractivity contribution in [1.29, 1.82) is 0 Å². The van der Waals surface area contributed by atoms with Gasteiger partial charge in [-0.3, -0.25) is 4.79 Å². The van der Waals surface area contributed by atoms with Crippen LogP contribution in [0.25, 0.3) is 6.08 Å². The Morgan fingerprint density at radius 2 is 1.90 bits per heavy atom. The van der Waals surface area contributed by atoms with Gasteiger partial charge >= 0.3 is 5.97 Å². The number of nitrogens with zero attached hydrogens (tertiary/aromatic N) is 1. The molecule has 0 unspecified atom stereocenters. The molecule has 1 amide bonds. The number of primary amides is 1. The number of rotatable bonds is 7. The molecule has 2 N–H and O–H groups in total. The van der Waals surface area contributed by atoms with Crippen molar-refractivity contribution in [2.45, 2.75) is 0 Å². The Kier molecular flexibility index (Phi) is 6.04. The van der Waals surface area contributed by atoms with Crippen LogP contribution in [-0.2, 0) is 14.3 Å². The first-order valence-electron chi connectivity index (χ1n) is 8.37. The van der Waals surface area contributed by atoms with Gasteiger partial charge in [0, 0.05) is 10.6 Å². The highest BCUT2D eigenvalue weighted by Crippen LogP contribution is 2.39. The molecule has 150 valence electrons. The lowest BCUT2D eigenvalue weighted by Crippen LogP contribution is -2.20. The molecule has 0 saturated carbocycles. The van der Waals surface area contributed by atoms with Gasteiger partial charge in [0.1, 0.15) is 0 Å². The van der Waals surface area contributed by atoms with Crippen molar-refractivity contribution in [2.75, 3.05) is 20.8 Å². The topological polar surface area (TPSA) is 109 Å². The summed E-state index contributed by atoms with van der Waals surface area (Å²) in [7, 11) is 2.87. The smallest absolute Gasteiger partial charge is 0.363 e. The Morgan fingerprint density at radius 1 is 1.21 bits per heavy atom. The van der Waals surface area contributed by atoms with Gasteiger partial charge in [0.05, 0.1) is 14.2 Å². The molecule has 0 saturated heterocycles. The van der Waals surface area contributed by atoms with Crippen LogP contribution in [0.15, 0.2) is 47.1 Å². The van der Waals surface area contributed by atoms with Gasteiger partial charge in [-0.05, 0) is 42.0 Å². The molecule has 3 rings (SSSR count). The molecule has 9 heteroatoms. The Bertz CT molecular complexity index is 1010. The number of hydrogen-bond donors (Lipinski definition) is 1. The molecule has 29 heavy (non-hydrogen) atoms. The lowest BCUT2D eigenvalue weighted by Gasteiger charge is -2.14. The molecule has 1 aliphatic heterocycles. The van der Waals surface area contributed by atoms with Gasteiger partial charge in [-0.25, -0.2) is 9.79 Å². The number of esters is 1. The molecular weight excluding hydrogens is 400 g/mol. The second-order valence-electron chi connectivity index (χ2n) is 5.86. The predicted octanol–water partition coefficient (Wildman–Crippen LogP) is 2.57. The fourth-order valence-corrected chi connectivity index (χ4v) is 2.77. The maximum atomic E-state index is 12.2. The SMILES string of the molecule is COc1cc(/C=C2/N=C(c3cccc(Cl)c3)OC2=O)cc(OC)c1OCC(N)=O. The van der Waals surface area contributed by atoms with Crippen LogP contribution in [0.3, 0.4) is 0 Å². The summed E-state index contributed by atoms with van der Waals surface area (Å²) in [6.07, 6.45) is 1.52. The van der Waals surface area contributed by atoms with Crippen molar-refractivity contribution in [1.82, 2.24) is 0 Å². The fourth-order valence-electron chi connectivity index (χ4n) is 2.58. The molecule has 8 nitrogen and oxygen atoms in total.